The molecule has 0 spiro atoms. The molecule has 2 rings (SSSR count). The van der Waals surface area contributed by atoms with Gasteiger partial charge < -0.3 is 19.5 Å². The van der Waals surface area contributed by atoms with Crippen LogP contribution in [-0.4, -0.2) is 47.7 Å². The van der Waals surface area contributed by atoms with Crippen LogP contribution in [0.25, 0.3) is 0 Å². The van der Waals surface area contributed by atoms with Gasteiger partial charge in [0.1, 0.15) is 0 Å². The number of carbonyl (C=O) groups is 2. The number of hydrogen-bond donors (Lipinski definition) is 2. The molecule has 0 heterocycles. The van der Waals surface area contributed by atoms with E-state index in [1.807, 2.05) is 0 Å². The van der Waals surface area contributed by atoms with Crippen LogP contribution in [0.1, 0.15) is 17.3 Å². The van der Waals surface area contributed by atoms with E-state index in [2.05, 4.69) is 10.0 Å². The molecule has 9 nitrogen and oxygen atoms in total. The van der Waals surface area contributed by atoms with Gasteiger partial charge in [0, 0.05) is 12.1 Å². The van der Waals surface area contributed by atoms with Crippen LogP contribution in [0.3, 0.4) is 0 Å². The number of rotatable bonds is 8. The quantitative estimate of drug-likeness (QED) is 0.622. The lowest BCUT2D eigenvalue weighted by Crippen LogP contribution is -2.41. The van der Waals surface area contributed by atoms with Crippen molar-refractivity contribution in [2.45, 2.75) is 17.9 Å². The fraction of sp³-hybridized carbons (Fsp3) is 0.263. The topological polar surface area (TPSA) is 120 Å². The number of ether oxygens (including phenoxy) is 3. The smallest absolute Gasteiger partial charge is 0.340 e. The molecular formula is C19H22N2O7S. The SMILES string of the molecule is COC(=O)c1cc(OC)c(OC)cc1NC(=O)[C@@H](C)NS(=O)(=O)c1ccccc1. The van der Waals surface area contributed by atoms with Crippen molar-refractivity contribution in [2.75, 3.05) is 26.6 Å². The third kappa shape index (κ3) is 5.24. The van der Waals surface area contributed by atoms with Crippen LogP contribution in [0.2, 0.25) is 0 Å². The van der Waals surface area contributed by atoms with Crippen molar-refractivity contribution in [1.82, 2.24) is 4.72 Å². The molecule has 0 radical (unpaired) electrons. The van der Waals surface area contributed by atoms with Crippen LogP contribution in [0.5, 0.6) is 11.5 Å². The Morgan fingerprint density at radius 2 is 1.55 bits per heavy atom. The van der Waals surface area contributed by atoms with Crippen molar-refractivity contribution in [3.63, 3.8) is 0 Å². The summed E-state index contributed by atoms with van der Waals surface area (Å²) >= 11 is 0. The summed E-state index contributed by atoms with van der Waals surface area (Å²) in [5, 5.41) is 2.52. The number of sulfonamides is 1. The molecule has 29 heavy (non-hydrogen) atoms. The third-order valence-electron chi connectivity index (χ3n) is 3.97. The van der Waals surface area contributed by atoms with Crippen LogP contribution in [0.15, 0.2) is 47.4 Å². The molecule has 0 fully saturated rings. The summed E-state index contributed by atoms with van der Waals surface area (Å²) in [7, 11) is 0.0982. The average molecular weight is 422 g/mol. The molecule has 0 aromatic heterocycles. The van der Waals surface area contributed by atoms with E-state index >= 15 is 0 Å². The molecule has 10 heteroatoms. The first kappa shape index (κ1) is 22.2. The molecule has 0 aliphatic rings. The first-order chi connectivity index (χ1) is 13.7. The number of esters is 1. The van der Waals surface area contributed by atoms with Crippen molar-refractivity contribution >= 4 is 27.6 Å². The van der Waals surface area contributed by atoms with E-state index in [1.165, 1.54) is 52.5 Å². The van der Waals surface area contributed by atoms with Gasteiger partial charge in [-0.1, -0.05) is 18.2 Å². The van der Waals surface area contributed by atoms with Gasteiger partial charge in [0.15, 0.2) is 11.5 Å². The molecule has 156 valence electrons. The second-order valence-electron chi connectivity index (χ2n) is 5.89. The predicted molar refractivity (Wildman–Crippen MR) is 106 cm³/mol. The standard InChI is InChI=1S/C19H22N2O7S/c1-12(21-29(24,25)13-8-6-5-7-9-13)18(22)20-15-11-17(27-3)16(26-2)10-14(15)19(23)28-4/h5-12,21H,1-4H3,(H,20,22)/t12-/m1/s1. The maximum atomic E-state index is 12.6. The lowest BCUT2D eigenvalue weighted by Gasteiger charge is -2.17. The van der Waals surface area contributed by atoms with E-state index in [0.29, 0.717) is 0 Å². The van der Waals surface area contributed by atoms with E-state index in [9.17, 15) is 18.0 Å². The fourth-order valence-electron chi connectivity index (χ4n) is 2.46. The van der Waals surface area contributed by atoms with E-state index in [4.69, 9.17) is 14.2 Å². The fourth-order valence-corrected chi connectivity index (χ4v) is 3.68. The maximum absolute atomic E-state index is 12.6. The predicted octanol–water partition coefficient (Wildman–Crippen LogP) is 1.80. The molecule has 1 amide bonds. The van der Waals surface area contributed by atoms with Gasteiger partial charge in [-0.3, -0.25) is 4.79 Å². The van der Waals surface area contributed by atoms with E-state index < -0.39 is 27.9 Å². The Labute approximate surface area is 169 Å². The summed E-state index contributed by atoms with van der Waals surface area (Å²) in [4.78, 5) is 24.7. The zero-order valence-electron chi connectivity index (χ0n) is 16.4. The lowest BCUT2D eigenvalue weighted by atomic mass is 10.1. The summed E-state index contributed by atoms with van der Waals surface area (Å²) in [6.45, 7) is 1.38. The third-order valence-corrected chi connectivity index (χ3v) is 5.52. The van der Waals surface area contributed by atoms with Crippen LogP contribution in [0.4, 0.5) is 5.69 Å². The van der Waals surface area contributed by atoms with Gasteiger partial charge in [-0.2, -0.15) is 4.72 Å². The first-order valence-electron chi connectivity index (χ1n) is 8.46. The average Bonchev–Trinajstić information content (AvgIpc) is 2.73. The minimum absolute atomic E-state index is 0.0246. The summed E-state index contributed by atoms with van der Waals surface area (Å²) in [5.74, 6) is -0.850. The summed E-state index contributed by atoms with van der Waals surface area (Å²) in [6.07, 6.45) is 0. The second kappa shape index (κ2) is 9.39. The van der Waals surface area contributed by atoms with Crippen LogP contribution >= 0.6 is 0 Å². The Morgan fingerprint density at radius 3 is 2.10 bits per heavy atom. The van der Waals surface area contributed by atoms with Gasteiger partial charge in [0.05, 0.1) is 43.5 Å². The van der Waals surface area contributed by atoms with Crippen molar-refractivity contribution in [3.05, 3.63) is 48.0 Å². The molecular weight excluding hydrogens is 400 g/mol. The highest BCUT2D eigenvalue weighted by Crippen LogP contribution is 2.33. The van der Waals surface area contributed by atoms with Crippen LogP contribution < -0.4 is 19.5 Å². The zero-order valence-corrected chi connectivity index (χ0v) is 17.2. The minimum atomic E-state index is -3.90. The van der Waals surface area contributed by atoms with Gasteiger partial charge in [-0.05, 0) is 19.1 Å². The number of carbonyl (C=O) groups excluding carboxylic acids is 2. The number of nitrogens with one attached hydrogen (secondary N) is 2. The Balaban J connectivity index is 2.28. The summed E-state index contributed by atoms with van der Waals surface area (Å²) in [6, 6.07) is 9.28. The molecule has 2 aromatic carbocycles. The lowest BCUT2D eigenvalue weighted by molar-refractivity contribution is -0.117. The van der Waals surface area contributed by atoms with E-state index in [-0.39, 0.29) is 27.6 Å². The zero-order chi connectivity index (χ0) is 21.6. The monoisotopic (exact) mass is 422 g/mol. The van der Waals surface area contributed by atoms with Gasteiger partial charge in [-0.25, -0.2) is 13.2 Å². The molecule has 0 aliphatic carbocycles. The number of hydrogen-bond acceptors (Lipinski definition) is 7. The number of benzene rings is 2. The van der Waals surface area contributed by atoms with Gasteiger partial charge >= 0.3 is 5.97 Å². The van der Waals surface area contributed by atoms with Crippen molar-refractivity contribution in [3.8, 4) is 11.5 Å². The molecule has 0 bridgehead atoms. The molecule has 0 saturated heterocycles. The molecule has 2 N–H and O–H groups in total. The van der Waals surface area contributed by atoms with Crippen molar-refractivity contribution in [2.24, 2.45) is 0 Å². The molecule has 0 aliphatic heterocycles. The normalized spacial score (nSPS) is 12.0. The Hall–Kier alpha value is -3.11. The van der Waals surface area contributed by atoms with Gasteiger partial charge in [0.2, 0.25) is 15.9 Å². The summed E-state index contributed by atoms with van der Waals surface area (Å²) < 4.78 is 42.2. The molecule has 0 unspecified atom stereocenters. The second-order valence-corrected chi connectivity index (χ2v) is 7.60. The Bertz CT molecular complexity index is 991. The largest absolute Gasteiger partial charge is 0.493 e. The van der Waals surface area contributed by atoms with Gasteiger partial charge in [-0.15, -0.1) is 0 Å². The highest BCUT2D eigenvalue weighted by molar-refractivity contribution is 7.89. The Morgan fingerprint density at radius 1 is 0.966 bits per heavy atom. The molecule has 1 atom stereocenters. The number of amides is 1. The number of methoxy groups -OCH3 is 3. The highest BCUT2D eigenvalue weighted by atomic mass is 32.2. The van der Waals surface area contributed by atoms with Crippen LogP contribution in [-0.2, 0) is 19.6 Å². The van der Waals surface area contributed by atoms with E-state index in [0.717, 1.165) is 0 Å². The minimum Gasteiger partial charge on any atom is -0.493 e. The maximum Gasteiger partial charge on any atom is 0.340 e. The van der Waals surface area contributed by atoms with Crippen molar-refractivity contribution < 1.29 is 32.2 Å². The van der Waals surface area contributed by atoms with Gasteiger partial charge in [0.25, 0.3) is 0 Å². The Kier molecular flexibility index (Phi) is 7.18. The molecule has 2 aromatic rings. The number of anilines is 1. The summed E-state index contributed by atoms with van der Waals surface area (Å²) in [5.41, 5.74) is 0.113. The highest BCUT2D eigenvalue weighted by Gasteiger charge is 2.24. The molecule has 0 saturated carbocycles. The van der Waals surface area contributed by atoms with Crippen LogP contribution in [0, 0.1) is 0 Å². The van der Waals surface area contributed by atoms with Crippen molar-refractivity contribution in [1.29, 1.82) is 0 Å². The first-order valence-corrected chi connectivity index (χ1v) is 9.94. The van der Waals surface area contributed by atoms with E-state index in [1.54, 1.807) is 18.2 Å².